The van der Waals surface area contributed by atoms with Crippen LogP contribution in [0.4, 0.5) is 13.2 Å². The van der Waals surface area contributed by atoms with Crippen molar-refractivity contribution >= 4 is 21.9 Å². The highest BCUT2D eigenvalue weighted by molar-refractivity contribution is 7.92. The summed E-state index contributed by atoms with van der Waals surface area (Å²) in [7, 11) is -3.62. The molecule has 0 aliphatic carbocycles. The Kier molecular flexibility index (Phi) is 6.25. The molecule has 0 N–H and O–H groups in total. The van der Waals surface area contributed by atoms with Gasteiger partial charge < -0.3 is 4.90 Å². The zero-order valence-electron chi connectivity index (χ0n) is 14.1. The summed E-state index contributed by atoms with van der Waals surface area (Å²) >= 11 is 0. The minimum absolute atomic E-state index is 0.132. The maximum Gasteiger partial charge on any atom is 0.454 e. The van der Waals surface area contributed by atoms with Gasteiger partial charge in [-0.3, -0.25) is 4.79 Å². The number of rotatable bonds is 5. The molecule has 9 heteroatoms. The van der Waals surface area contributed by atoms with Crippen LogP contribution < -0.4 is 0 Å². The molecule has 1 saturated heterocycles. The van der Waals surface area contributed by atoms with Crippen molar-refractivity contribution in [2.75, 3.05) is 26.2 Å². The third-order valence-electron chi connectivity index (χ3n) is 3.95. The second-order valence-corrected chi connectivity index (χ2v) is 7.61. The average Bonchev–Trinajstić information content (AvgIpc) is 2.60. The van der Waals surface area contributed by atoms with E-state index in [4.69, 9.17) is 0 Å². The topological polar surface area (TPSA) is 57.7 Å². The fourth-order valence-electron chi connectivity index (χ4n) is 2.47. The Labute approximate surface area is 150 Å². The minimum Gasteiger partial charge on any atom is -0.372 e. The highest BCUT2D eigenvalue weighted by atomic mass is 32.2. The first-order chi connectivity index (χ1) is 12.1. The Morgan fingerprint density at radius 2 is 1.65 bits per heavy atom. The summed E-state index contributed by atoms with van der Waals surface area (Å²) in [6.45, 7) is 2.10. The fourth-order valence-corrected chi connectivity index (χ4v) is 3.65. The van der Waals surface area contributed by atoms with E-state index in [0.717, 1.165) is 11.0 Å². The number of allylic oxidation sites excluding steroid dienone is 2. The van der Waals surface area contributed by atoms with E-state index in [-0.39, 0.29) is 31.9 Å². The molecular formula is C17H19F3N2O3S. The van der Waals surface area contributed by atoms with Gasteiger partial charge in [0, 0.05) is 43.4 Å². The number of benzene rings is 1. The maximum absolute atomic E-state index is 12.3. The van der Waals surface area contributed by atoms with Crippen LogP contribution in [0.5, 0.6) is 0 Å². The number of ketones is 1. The van der Waals surface area contributed by atoms with Gasteiger partial charge in [0.1, 0.15) is 0 Å². The first kappa shape index (κ1) is 20.2. The third kappa shape index (κ3) is 5.43. The Hall–Kier alpha value is -2.13. The molecule has 0 amide bonds. The van der Waals surface area contributed by atoms with Gasteiger partial charge in [0.25, 0.3) is 5.78 Å². The van der Waals surface area contributed by atoms with Gasteiger partial charge in [0.2, 0.25) is 10.0 Å². The number of nitrogens with zero attached hydrogens (tertiary/aromatic N) is 2. The lowest BCUT2D eigenvalue weighted by atomic mass is 10.2. The van der Waals surface area contributed by atoms with Crippen molar-refractivity contribution in [2.24, 2.45) is 0 Å². The predicted octanol–water partition coefficient (Wildman–Crippen LogP) is 2.64. The van der Waals surface area contributed by atoms with Crippen LogP contribution in [-0.4, -0.2) is 55.8 Å². The molecule has 0 aromatic heterocycles. The summed E-state index contributed by atoms with van der Waals surface area (Å²) in [5.74, 6) is -1.92. The van der Waals surface area contributed by atoms with Crippen molar-refractivity contribution in [1.82, 2.24) is 9.21 Å². The second kappa shape index (κ2) is 8.05. The number of hydrogen-bond acceptors (Lipinski definition) is 4. The minimum atomic E-state index is -4.91. The van der Waals surface area contributed by atoms with E-state index >= 15 is 0 Å². The largest absolute Gasteiger partial charge is 0.454 e. The van der Waals surface area contributed by atoms with Crippen molar-refractivity contribution in [3.05, 3.63) is 53.1 Å². The smallest absolute Gasteiger partial charge is 0.372 e. The Bertz CT molecular complexity index is 794. The van der Waals surface area contributed by atoms with Gasteiger partial charge in [-0.1, -0.05) is 30.3 Å². The summed E-state index contributed by atoms with van der Waals surface area (Å²) < 4.78 is 62.9. The van der Waals surface area contributed by atoms with Gasteiger partial charge in [-0.05, 0) is 18.6 Å². The molecule has 0 unspecified atom stereocenters. The van der Waals surface area contributed by atoms with Gasteiger partial charge in [0.15, 0.2) is 0 Å². The molecule has 1 aromatic rings. The molecule has 1 aromatic carbocycles. The molecule has 2 rings (SSSR count). The maximum atomic E-state index is 12.3. The van der Waals surface area contributed by atoms with Gasteiger partial charge in [-0.2, -0.15) is 17.5 Å². The van der Waals surface area contributed by atoms with E-state index < -0.39 is 22.0 Å². The lowest BCUT2D eigenvalue weighted by molar-refractivity contribution is -0.165. The van der Waals surface area contributed by atoms with Crippen LogP contribution in [0.1, 0.15) is 12.5 Å². The van der Waals surface area contributed by atoms with E-state index in [0.29, 0.717) is 6.08 Å². The number of halogens is 3. The van der Waals surface area contributed by atoms with Gasteiger partial charge in [-0.25, -0.2) is 8.42 Å². The lowest BCUT2D eigenvalue weighted by Crippen LogP contribution is -2.47. The molecule has 0 spiro atoms. The number of piperazine rings is 1. The van der Waals surface area contributed by atoms with Crippen LogP contribution in [-0.2, 0) is 14.8 Å². The standard InChI is InChI=1S/C17H19F3N2O3S/c1-14(13-16(23)17(18,19)20)21-8-10-22(11-9-21)26(24,25)12-7-15-5-3-2-4-6-15/h2-7,12-13H,8-11H2,1H3/b12-7+,14-13+. The van der Waals surface area contributed by atoms with Crippen LogP contribution in [0.3, 0.4) is 0 Å². The summed E-state index contributed by atoms with van der Waals surface area (Å²) in [5, 5.41) is 1.12. The molecule has 1 aliphatic rings. The van der Waals surface area contributed by atoms with Crippen molar-refractivity contribution in [3.63, 3.8) is 0 Å². The summed E-state index contributed by atoms with van der Waals surface area (Å²) in [6, 6.07) is 8.96. The Morgan fingerprint density at radius 1 is 1.08 bits per heavy atom. The molecule has 0 atom stereocenters. The van der Waals surface area contributed by atoms with Crippen molar-refractivity contribution < 1.29 is 26.4 Å². The molecule has 1 aliphatic heterocycles. The zero-order valence-corrected chi connectivity index (χ0v) is 14.9. The SMILES string of the molecule is C/C(=C\C(=O)C(F)(F)F)N1CCN(S(=O)(=O)/C=C/c2ccccc2)CC1. The predicted molar refractivity (Wildman–Crippen MR) is 92.4 cm³/mol. The van der Waals surface area contributed by atoms with E-state index in [1.54, 1.807) is 29.2 Å². The van der Waals surface area contributed by atoms with E-state index in [2.05, 4.69) is 0 Å². The second-order valence-electron chi connectivity index (χ2n) is 5.79. The molecule has 26 heavy (non-hydrogen) atoms. The van der Waals surface area contributed by atoms with Crippen LogP contribution in [0.15, 0.2) is 47.5 Å². The van der Waals surface area contributed by atoms with Crippen molar-refractivity contribution in [2.45, 2.75) is 13.1 Å². The van der Waals surface area contributed by atoms with Crippen LogP contribution in [0.25, 0.3) is 6.08 Å². The molecule has 0 radical (unpaired) electrons. The highest BCUT2D eigenvalue weighted by Crippen LogP contribution is 2.19. The van der Waals surface area contributed by atoms with Gasteiger partial charge in [0.05, 0.1) is 0 Å². The van der Waals surface area contributed by atoms with Crippen molar-refractivity contribution in [1.29, 1.82) is 0 Å². The lowest BCUT2D eigenvalue weighted by Gasteiger charge is -2.35. The molecular weight excluding hydrogens is 369 g/mol. The summed E-state index contributed by atoms with van der Waals surface area (Å²) in [5.41, 5.74) is 0.920. The average molecular weight is 388 g/mol. The number of sulfonamides is 1. The molecule has 142 valence electrons. The summed E-state index contributed by atoms with van der Waals surface area (Å²) in [6.07, 6.45) is -2.87. The number of carbonyl (C=O) groups excluding carboxylic acids is 1. The molecule has 0 saturated carbocycles. The Morgan fingerprint density at radius 3 is 2.19 bits per heavy atom. The van der Waals surface area contributed by atoms with Gasteiger partial charge >= 0.3 is 6.18 Å². The number of alkyl halides is 3. The third-order valence-corrected chi connectivity index (χ3v) is 5.51. The Balaban J connectivity index is 1.98. The van der Waals surface area contributed by atoms with Gasteiger partial charge in [-0.15, -0.1) is 0 Å². The first-order valence-electron chi connectivity index (χ1n) is 7.87. The molecule has 1 fully saturated rings. The molecule has 5 nitrogen and oxygen atoms in total. The summed E-state index contributed by atoms with van der Waals surface area (Å²) in [4.78, 5) is 12.6. The molecule has 1 heterocycles. The first-order valence-corrected chi connectivity index (χ1v) is 9.37. The van der Waals surface area contributed by atoms with Crippen LogP contribution >= 0.6 is 0 Å². The molecule has 0 bridgehead atoms. The number of carbonyl (C=O) groups is 1. The van der Waals surface area contributed by atoms with E-state index in [9.17, 15) is 26.4 Å². The normalized spacial score (nSPS) is 17.7. The zero-order chi connectivity index (χ0) is 19.4. The van der Waals surface area contributed by atoms with E-state index in [1.165, 1.54) is 17.3 Å². The highest BCUT2D eigenvalue weighted by Gasteiger charge is 2.37. The van der Waals surface area contributed by atoms with Crippen LogP contribution in [0.2, 0.25) is 0 Å². The quantitative estimate of drug-likeness (QED) is 0.728. The van der Waals surface area contributed by atoms with E-state index in [1.807, 2.05) is 6.07 Å². The monoisotopic (exact) mass is 388 g/mol. The number of hydrogen-bond donors (Lipinski definition) is 0. The van der Waals surface area contributed by atoms with Crippen molar-refractivity contribution in [3.8, 4) is 0 Å². The van der Waals surface area contributed by atoms with Crippen LogP contribution in [0, 0.1) is 0 Å². The fraction of sp³-hybridized carbons (Fsp3) is 0.353.